The Hall–Kier alpha value is 0.380. The molecule has 0 amide bonds. The molecule has 14 heavy (non-hydrogen) atoms. The topological polar surface area (TPSA) is 0 Å². The maximum Gasteiger partial charge on any atom is 0.133 e. The molecular formula is C10H10Cl4. The third-order valence-electron chi connectivity index (χ3n) is 2.07. The van der Waals surface area contributed by atoms with Crippen LogP contribution in [0.1, 0.15) is 33.3 Å². The van der Waals surface area contributed by atoms with Gasteiger partial charge in [-0.05, 0) is 23.1 Å². The van der Waals surface area contributed by atoms with Crippen molar-refractivity contribution in [3.05, 3.63) is 34.9 Å². The number of hydrogen-bond acceptors (Lipinski definition) is 0. The van der Waals surface area contributed by atoms with E-state index >= 15 is 0 Å². The van der Waals surface area contributed by atoms with Crippen LogP contribution in [-0.2, 0) is 6.42 Å². The van der Waals surface area contributed by atoms with Crippen LogP contribution in [0.25, 0.3) is 0 Å². The zero-order valence-electron chi connectivity index (χ0n) is 7.61. The van der Waals surface area contributed by atoms with Crippen LogP contribution in [0.5, 0.6) is 0 Å². The van der Waals surface area contributed by atoms with E-state index in [0.29, 0.717) is 0 Å². The van der Waals surface area contributed by atoms with E-state index in [-0.39, 0.29) is 0 Å². The first-order chi connectivity index (χ1) is 6.57. The summed E-state index contributed by atoms with van der Waals surface area (Å²) in [5, 5.41) is 0. The fourth-order valence-electron chi connectivity index (χ4n) is 1.44. The molecule has 78 valence electrons. The molecule has 4 heteroatoms. The summed E-state index contributed by atoms with van der Waals surface area (Å²) in [5.41, 5.74) is 2.82. The van der Waals surface area contributed by atoms with Crippen molar-refractivity contribution in [2.75, 3.05) is 0 Å². The minimum Gasteiger partial charge on any atom is -0.100 e. The first-order valence-electron chi connectivity index (χ1n) is 4.25. The first-order valence-corrected chi connectivity index (χ1v) is 6.00. The molecule has 0 N–H and O–H groups in total. The maximum atomic E-state index is 5.84. The van der Waals surface area contributed by atoms with Crippen molar-refractivity contribution >= 4 is 46.4 Å². The molecule has 0 atom stereocenters. The Morgan fingerprint density at radius 1 is 1.00 bits per heavy atom. The second kappa shape index (κ2) is 5.46. The van der Waals surface area contributed by atoms with Gasteiger partial charge in [-0.1, -0.05) is 25.1 Å². The second-order valence-electron chi connectivity index (χ2n) is 2.87. The molecule has 0 aromatic heterocycles. The van der Waals surface area contributed by atoms with Crippen molar-refractivity contribution in [2.24, 2.45) is 0 Å². The molecule has 0 nitrogen and oxygen atoms in total. The van der Waals surface area contributed by atoms with E-state index in [1.807, 2.05) is 25.1 Å². The molecule has 0 saturated heterocycles. The summed E-state index contributed by atoms with van der Waals surface area (Å²) in [4.78, 5) is -1.06. The van der Waals surface area contributed by atoms with Crippen LogP contribution >= 0.6 is 46.4 Å². The molecule has 0 aliphatic rings. The largest absolute Gasteiger partial charge is 0.133 e. The van der Waals surface area contributed by atoms with Crippen LogP contribution in [0, 0.1) is 0 Å². The lowest BCUT2D eigenvalue weighted by Crippen LogP contribution is -1.98. The standard InChI is InChI=1S/C10H10Cl4/c1-2-6-7(9(11)12)4-3-5-8(6)10(13)14/h3-5,9-10H,2H2,1H3. The molecule has 0 saturated carbocycles. The van der Waals surface area contributed by atoms with E-state index in [1.54, 1.807) is 0 Å². The van der Waals surface area contributed by atoms with E-state index in [4.69, 9.17) is 46.4 Å². The average Bonchev–Trinajstić information content (AvgIpc) is 2.16. The van der Waals surface area contributed by atoms with Gasteiger partial charge in [-0.3, -0.25) is 0 Å². The summed E-state index contributed by atoms with van der Waals surface area (Å²) in [6, 6.07) is 5.64. The average molecular weight is 272 g/mol. The lowest BCUT2D eigenvalue weighted by Gasteiger charge is -2.14. The van der Waals surface area contributed by atoms with Crippen LogP contribution in [-0.4, -0.2) is 0 Å². The fourth-order valence-corrected chi connectivity index (χ4v) is 2.26. The van der Waals surface area contributed by atoms with Gasteiger partial charge in [0.25, 0.3) is 0 Å². The van der Waals surface area contributed by atoms with Gasteiger partial charge in [0.1, 0.15) is 9.67 Å². The highest BCUT2D eigenvalue weighted by molar-refractivity contribution is 6.45. The monoisotopic (exact) mass is 270 g/mol. The Kier molecular flexibility index (Phi) is 4.86. The molecule has 0 heterocycles. The molecule has 0 radical (unpaired) electrons. The van der Waals surface area contributed by atoms with Crippen molar-refractivity contribution < 1.29 is 0 Å². The Labute approximate surface area is 104 Å². The van der Waals surface area contributed by atoms with Crippen LogP contribution in [0.4, 0.5) is 0 Å². The molecular weight excluding hydrogens is 262 g/mol. The number of benzene rings is 1. The van der Waals surface area contributed by atoms with Crippen LogP contribution in [0.2, 0.25) is 0 Å². The van der Waals surface area contributed by atoms with Crippen molar-refractivity contribution in [2.45, 2.75) is 23.0 Å². The molecule has 1 aromatic rings. The van der Waals surface area contributed by atoms with Gasteiger partial charge in [0, 0.05) is 0 Å². The third kappa shape index (κ3) is 2.70. The van der Waals surface area contributed by atoms with Gasteiger partial charge in [-0.25, -0.2) is 0 Å². The van der Waals surface area contributed by atoms with Crippen molar-refractivity contribution in [1.82, 2.24) is 0 Å². The van der Waals surface area contributed by atoms with Gasteiger partial charge in [-0.2, -0.15) is 0 Å². The molecule has 0 bridgehead atoms. The minimum atomic E-state index is -0.531. The molecule has 0 aliphatic carbocycles. The van der Waals surface area contributed by atoms with Crippen LogP contribution < -0.4 is 0 Å². The zero-order chi connectivity index (χ0) is 10.7. The number of rotatable bonds is 3. The number of halogens is 4. The van der Waals surface area contributed by atoms with E-state index in [9.17, 15) is 0 Å². The lowest BCUT2D eigenvalue weighted by atomic mass is 10.0. The maximum absolute atomic E-state index is 5.84. The summed E-state index contributed by atoms with van der Waals surface area (Å²) < 4.78 is 0. The first kappa shape index (κ1) is 12.4. The minimum absolute atomic E-state index is 0.531. The van der Waals surface area contributed by atoms with E-state index in [0.717, 1.165) is 23.1 Å². The molecule has 0 spiro atoms. The van der Waals surface area contributed by atoms with Gasteiger partial charge in [0.2, 0.25) is 0 Å². The van der Waals surface area contributed by atoms with Crippen molar-refractivity contribution in [3.63, 3.8) is 0 Å². The highest BCUT2D eigenvalue weighted by Gasteiger charge is 2.15. The fraction of sp³-hybridized carbons (Fsp3) is 0.400. The smallest absolute Gasteiger partial charge is 0.100 e. The normalized spacial score (nSPS) is 11.4. The SMILES string of the molecule is CCc1c(C(Cl)Cl)cccc1C(Cl)Cl. The van der Waals surface area contributed by atoms with Gasteiger partial charge in [0.15, 0.2) is 0 Å². The Balaban J connectivity index is 3.25. The Morgan fingerprint density at radius 2 is 1.43 bits per heavy atom. The lowest BCUT2D eigenvalue weighted by molar-refractivity contribution is 1.05. The number of alkyl halides is 4. The van der Waals surface area contributed by atoms with E-state index in [1.165, 1.54) is 0 Å². The molecule has 0 unspecified atom stereocenters. The highest BCUT2D eigenvalue weighted by atomic mass is 35.5. The van der Waals surface area contributed by atoms with Gasteiger partial charge >= 0.3 is 0 Å². The summed E-state index contributed by atoms with van der Waals surface area (Å²) in [7, 11) is 0. The van der Waals surface area contributed by atoms with Gasteiger partial charge in [0.05, 0.1) is 0 Å². The molecule has 1 aromatic carbocycles. The third-order valence-corrected chi connectivity index (χ3v) is 3.01. The summed E-state index contributed by atoms with van der Waals surface area (Å²) in [6.45, 7) is 2.02. The van der Waals surface area contributed by atoms with Crippen LogP contribution in [0.3, 0.4) is 0 Å². The van der Waals surface area contributed by atoms with Gasteiger partial charge in [-0.15, -0.1) is 46.4 Å². The van der Waals surface area contributed by atoms with Gasteiger partial charge < -0.3 is 0 Å². The predicted octanol–water partition coefficient (Wildman–Crippen LogP) is 5.20. The molecule has 0 fully saturated rings. The zero-order valence-corrected chi connectivity index (χ0v) is 10.6. The molecule has 0 aliphatic heterocycles. The summed E-state index contributed by atoms with van der Waals surface area (Å²) in [5.74, 6) is 0. The van der Waals surface area contributed by atoms with Crippen LogP contribution in [0.15, 0.2) is 18.2 Å². The highest BCUT2D eigenvalue weighted by Crippen LogP contribution is 2.35. The Bertz CT molecular complexity index is 281. The van der Waals surface area contributed by atoms with E-state index < -0.39 is 9.67 Å². The van der Waals surface area contributed by atoms with Crippen molar-refractivity contribution in [1.29, 1.82) is 0 Å². The summed E-state index contributed by atoms with van der Waals surface area (Å²) in [6.07, 6.45) is 0.817. The second-order valence-corrected chi connectivity index (χ2v) is 5.06. The van der Waals surface area contributed by atoms with E-state index in [2.05, 4.69) is 0 Å². The predicted molar refractivity (Wildman–Crippen MR) is 64.7 cm³/mol. The van der Waals surface area contributed by atoms with Crippen molar-refractivity contribution in [3.8, 4) is 0 Å². The quantitative estimate of drug-likeness (QED) is 0.663. The molecule has 1 rings (SSSR count). The summed E-state index contributed by atoms with van der Waals surface area (Å²) >= 11 is 23.4. The number of hydrogen-bond donors (Lipinski definition) is 0. The Morgan fingerprint density at radius 3 is 1.71 bits per heavy atom.